The van der Waals surface area contributed by atoms with Crippen molar-refractivity contribution in [3.05, 3.63) is 22.8 Å². The first kappa shape index (κ1) is 15.0. The zero-order valence-electron chi connectivity index (χ0n) is 11.3. The average Bonchev–Trinajstić information content (AvgIpc) is 2.49. The number of rotatable bonds is 5. The molecule has 1 saturated heterocycles. The summed E-state index contributed by atoms with van der Waals surface area (Å²) in [5, 5.41) is 21.6. The van der Waals surface area contributed by atoms with Crippen molar-refractivity contribution in [2.24, 2.45) is 5.92 Å². The Labute approximate surface area is 124 Å². The summed E-state index contributed by atoms with van der Waals surface area (Å²) in [6, 6.07) is 5.43. The lowest BCUT2D eigenvalue weighted by molar-refractivity contribution is 0.134. The molecule has 5 nitrogen and oxygen atoms in total. The number of likely N-dealkylation sites (tertiary alicyclic amines) is 1. The first-order chi connectivity index (χ1) is 9.72. The first-order valence-electron chi connectivity index (χ1n) is 6.86. The molecule has 1 fully saturated rings. The number of aromatic nitrogens is 1. The molecule has 0 saturated carbocycles. The molecule has 2 N–H and O–H groups in total. The van der Waals surface area contributed by atoms with Crippen LogP contribution in [-0.4, -0.2) is 47.8 Å². The van der Waals surface area contributed by atoms with Crippen LogP contribution in [-0.2, 0) is 0 Å². The molecular weight excluding hydrogens is 276 g/mol. The number of aliphatic hydroxyl groups is 1. The van der Waals surface area contributed by atoms with Gasteiger partial charge in [0, 0.05) is 19.7 Å². The summed E-state index contributed by atoms with van der Waals surface area (Å²) in [7, 11) is 0. The highest BCUT2D eigenvalue weighted by atomic mass is 35.5. The maximum absolute atomic E-state index is 9.10. The van der Waals surface area contributed by atoms with E-state index in [1.807, 2.05) is 6.07 Å². The molecule has 1 aliphatic rings. The monoisotopic (exact) mass is 294 g/mol. The minimum atomic E-state index is 0.250. The van der Waals surface area contributed by atoms with Gasteiger partial charge in [0.1, 0.15) is 11.9 Å². The fourth-order valence-electron chi connectivity index (χ4n) is 2.35. The highest BCUT2D eigenvalue weighted by Gasteiger charge is 2.17. The number of anilines is 1. The minimum Gasteiger partial charge on any atom is -0.396 e. The highest BCUT2D eigenvalue weighted by molar-refractivity contribution is 6.31. The van der Waals surface area contributed by atoms with Gasteiger partial charge in [0.15, 0.2) is 5.69 Å². The third-order valence-corrected chi connectivity index (χ3v) is 3.96. The second-order valence-electron chi connectivity index (χ2n) is 5.03. The van der Waals surface area contributed by atoms with Crippen LogP contribution in [0.5, 0.6) is 0 Å². The fraction of sp³-hybridized carbons (Fsp3) is 0.571. The molecule has 6 heteroatoms. The molecule has 0 atom stereocenters. The van der Waals surface area contributed by atoms with Gasteiger partial charge in [-0.1, -0.05) is 11.6 Å². The Bertz CT molecular complexity index is 481. The lowest BCUT2D eigenvalue weighted by Gasteiger charge is -2.31. The molecule has 20 heavy (non-hydrogen) atoms. The van der Waals surface area contributed by atoms with Gasteiger partial charge in [0.2, 0.25) is 0 Å². The number of nitriles is 1. The van der Waals surface area contributed by atoms with Crippen molar-refractivity contribution in [3.63, 3.8) is 0 Å². The maximum atomic E-state index is 9.10. The van der Waals surface area contributed by atoms with Gasteiger partial charge in [-0.05, 0) is 44.0 Å². The van der Waals surface area contributed by atoms with Gasteiger partial charge in [-0.15, -0.1) is 0 Å². The van der Waals surface area contributed by atoms with Gasteiger partial charge >= 0.3 is 0 Å². The molecule has 0 amide bonds. The van der Waals surface area contributed by atoms with Crippen LogP contribution in [0.15, 0.2) is 12.1 Å². The van der Waals surface area contributed by atoms with Crippen LogP contribution < -0.4 is 5.32 Å². The van der Waals surface area contributed by atoms with Gasteiger partial charge in [-0.3, -0.25) is 0 Å². The molecule has 0 aromatic carbocycles. The van der Waals surface area contributed by atoms with Crippen LogP contribution in [0.3, 0.4) is 0 Å². The largest absolute Gasteiger partial charge is 0.396 e. The van der Waals surface area contributed by atoms with E-state index >= 15 is 0 Å². The van der Waals surface area contributed by atoms with Crippen molar-refractivity contribution < 1.29 is 5.11 Å². The lowest BCUT2D eigenvalue weighted by atomic mass is 9.98. The smallest absolute Gasteiger partial charge is 0.161 e. The SMILES string of the molecule is N#Cc1nc(NCCN2CCC(CO)CC2)ccc1Cl. The van der Waals surface area contributed by atoms with Crippen LogP contribution in [0.1, 0.15) is 18.5 Å². The summed E-state index contributed by atoms with van der Waals surface area (Å²) in [6.07, 6.45) is 2.13. The molecule has 0 bridgehead atoms. The summed E-state index contributed by atoms with van der Waals surface area (Å²) >= 11 is 5.84. The first-order valence-corrected chi connectivity index (χ1v) is 7.24. The summed E-state index contributed by atoms with van der Waals surface area (Å²) in [5.41, 5.74) is 0.250. The van der Waals surface area contributed by atoms with Gasteiger partial charge < -0.3 is 15.3 Å². The van der Waals surface area contributed by atoms with Crippen LogP contribution in [0.4, 0.5) is 5.82 Å². The van der Waals surface area contributed by atoms with E-state index in [9.17, 15) is 0 Å². The molecule has 0 unspecified atom stereocenters. The Balaban J connectivity index is 1.75. The predicted molar refractivity (Wildman–Crippen MR) is 78.7 cm³/mol. The van der Waals surface area contributed by atoms with E-state index in [0.717, 1.165) is 39.0 Å². The van der Waals surface area contributed by atoms with Crippen molar-refractivity contribution in [3.8, 4) is 6.07 Å². The van der Waals surface area contributed by atoms with Crippen molar-refractivity contribution in [2.75, 3.05) is 38.1 Å². The van der Waals surface area contributed by atoms with E-state index in [4.69, 9.17) is 22.0 Å². The number of nitrogens with one attached hydrogen (secondary N) is 1. The second-order valence-corrected chi connectivity index (χ2v) is 5.44. The van der Waals surface area contributed by atoms with E-state index in [2.05, 4.69) is 15.2 Å². The van der Waals surface area contributed by atoms with Crippen LogP contribution in [0, 0.1) is 17.2 Å². The number of nitrogens with zero attached hydrogens (tertiary/aromatic N) is 3. The molecule has 1 aromatic heterocycles. The Morgan fingerprint density at radius 1 is 1.45 bits per heavy atom. The zero-order chi connectivity index (χ0) is 14.4. The van der Waals surface area contributed by atoms with Gasteiger partial charge in [-0.25, -0.2) is 4.98 Å². The molecule has 1 aliphatic heterocycles. The Hall–Kier alpha value is -1.35. The predicted octanol–water partition coefficient (Wildman–Crippen LogP) is 1.72. The minimum absolute atomic E-state index is 0.250. The van der Waals surface area contributed by atoms with Crippen molar-refractivity contribution in [1.82, 2.24) is 9.88 Å². The van der Waals surface area contributed by atoms with E-state index in [0.29, 0.717) is 23.4 Å². The lowest BCUT2D eigenvalue weighted by Crippen LogP contribution is -2.37. The molecule has 1 aromatic rings. The van der Waals surface area contributed by atoms with E-state index in [1.54, 1.807) is 12.1 Å². The normalized spacial score (nSPS) is 16.9. The van der Waals surface area contributed by atoms with E-state index < -0.39 is 0 Å². The topological polar surface area (TPSA) is 72.2 Å². The van der Waals surface area contributed by atoms with Crippen LogP contribution >= 0.6 is 11.6 Å². The Kier molecular flexibility index (Phi) is 5.60. The van der Waals surface area contributed by atoms with E-state index in [-0.39, 0.29) is 5.69 Å². The van der Waals surface area contributed by atoms with Crippen molar-refractivity contribution >= 4 is 17.4 Å². The Morgan fingerprint density at radius 2 is 2.20 bits per heavy atom. The number of hydrogen-bond acceptors (Lipinski definition) is 5. The number of aliphatic hydroxyl groups excluding tert-OH is 1. The number of hydrogen-bond donors (Lipinski definition) is 2. The third-order valence-electron chi connectivity index (χ3n) is 3.65. The van der Waals surface area contributed by atoms with Crippen molar-refractivity contribution in [2.45, 2.75) is 12.8 Å². The molecule has 2 rings (SSSR count). The second kappa shape index (κ2) is 7.44. The molecule has 108 valence electrons. The highest BCUT2D eigenvalue weighted by Crippen LogP contribution is 2.17. The van der Waals surface area contributed by atoms with Crippen molar-refractivity contribution in [1.29, 1.82) is 5.26 Å². The average molecular weight is 295 g/mol. The third kappa shape index (κ3) is 4.07. The fourth-order valence-corrected chi connectivity index (χ4v) is 2.50. The Morgan fingerprint density at radius 3 is 2.85 bits per heavy atom. The molecule has 2 heterocycles. The summed E-state index contributed by atoms with van der Waals surface area (Å²) in [6.45, 7) is 4.08. The van der Waals surface area contributed by atoms with Gasteiger partial charge in [0.25, 0.3) is 0 Å². The zero-order valence-corrected chi connectivity index (χ0v) is 12.1. The quantitative estimate of drug-likeness (QED) is 0.865. The van der Waals surface area contributed by atoms with Gasteiger partial charge in [-0.2, -0.15) is 5.26 Å². The summed E-state index contributed by atoms with van der Waals surface area (Å²) < 4.78 is 0. The molecular formula is C14H19ClN4O. The number of pyridine rings is 1. The van der Waals surface area contributed by atoms with Gasteiger partial charge in [0.05, 0.1) is 5.02 Å². The van der Waals surface area contributed by atoms with Crippen LogP contribution in [0.25, 0.3) is 0 Å². The summed E-state index contributed by atoms with van der Waals surface area (Å²) in [5.74, 6) is 1.14. The number of piperidine rings is 1. The summed E-state index contributed by atoms with van der Waals surface area (Å²) in [4.78, 5) is 6.52. The van der Waals surface area contributed by atoms with Crippen LogP contribution in [0.2, 0.25) is 5.02 Å². The van der Waals surface area contributed by atoms with E-state index in [1.165, 1.54) is 0 Å². The molecule has 0 spiro atoms. The number of halogens is 1. The standard InChI is InChI=1S/C14H19ClN4O/c15-12-1-2-14(18-13(12)9-16)17-5-8-19-6-3-11(10-20)4-7-19/h1-2,11,20H,3-8,10H2,(H,17,18). The molecule has 0 radical (unpaired) electrons. The molecule has 0 aliphatic carbocycles. The maximum Gasteiger partial charge on any atom is 0.161 e.